The van der Waals surface area contributed by atoms with Crippen molar-refractivity contribution in [2.24, 2.45) is 0 Å². The van der Waals surface area contributed by atoms with Crippen molar-refractivity contribution < 1.29 is 17.9 Å². The molecule has 0 radical (unpaired) electrons. The first-order chi connectivity index (χ1) is 13.5. The average molecular weight is 427 g/mol. The van der Waals surface area contributed by atoms with Crippen molar-refractivity contribution in [2.75, 3.05) is 30.8 Å². The minimum atomic E-state index is -3.65. The van der Waals surface area contributed by atoms with Crippen LogP contribution in [0.3, 0.4) is 0 Å². The van der Waals surface area contributed by atoms with Gasteiger partial charge in [0.25, 0.3) is 0 Å². The number of ether oxygens (including phenoxy) is 1. The molecule has 0 aromatic heterocycles. The lowest BCUT2D eigenvalue weighted by molar-refractivity contribution is -0.113. The molecule has 0 bridgehead atoms. The van der Waals surface area contributed by atoms with E-state index in [9.17, 15) is 13.2 Å². The lowest BCUT2D eigenvalue weighted by atomic mass is 10.2. The van der Waals surface area contributed by atoms with Gasteiger partial charge in [-0.05, 0) is 50.8 Å². The van der Waals surface area contributed by atoms with E-state index in [-0.39, 0.29) is 10.8 Å². The Morgan fingerprint density at radius 2 is 1.89 bits per heavy atom. The van der Waals surface area contributed by atoms with Crippen molar-refractivity contribution in [1.82, 2.24) is 4.31 Å². The zero-order chi connectivity index (χ0) is 20.0. The fourth-order valence-electron chi connectivity index (χ4n) is 3.75. The van der Waals surface area contributed by atoms with E-state index in [1.165, 1.54) is 36.1 Å². The summed E-state index contributed by atoms with van der Waals surface area (Å²) in [7, 11) is -3.65. The van der Waals surface area contributed by atoms with Crippen LogP contribution in [0.25, 0.3) is 0 Å². The molecule has 1 heterocycles. The molecule has 0 unspecified atom stereocenters. The predicted octanol–water partition coefficient (Wildman–Crippen LogP) is 3.87. The van der Waals surface area contributed by atoms with Gasteiger partial charge in [-0.25, -0.2) is 8.42 Å². The SMILES string of the molecule is CCOc1ccc(NC(=O)CSC2CCCC2)cc1S(=O)(=O)N1CCCCC1. The maximum Gasteiger partial charge on any atom is 0.246 e. The van der Waals surface area contributed by atoms with Crippen LogP contribution >= 0.6 is 11.8 Å². The van der Waals surface area contributed by atoms with Crippen LogP contribution in [-0.2, 0) is 14.8 Å². The van der Waals surface area contributed by atoms with E-state index in [4.69, 9.17) is 4.74 Å². The Labute approximate surface area is 172 Å². The number of nitrogens with zero attached hydrogens (tertiary/aromatic N) is 1. The van der Waals surface area contributed by atoms with Gasteiger partial charge in [0.2, 0.25) is 15.9 Å². The first-order valence-corrected chi connectivity index (χ1v) is 12.7. The van der Waals surface area contributed by atoms with Gasteiger partial charge in [0.15, 0.2) is 0 Å². The standard InChI is InChI=1S/C20H30N2O4S2/c1-2-26-18-11-10-16(21-20(23)15-27-17-8-4-5-9-17)14-19(18)28(24,25)22-12-6-3-7-13-22/h10-11,14,17H,2-9,12-13,15H2,1H3,(H,21,23). The molecule has 2 aliphatic rings. The largest absolute Gasteiger partial charge is 0.492 e. The lowest BCUT2D eigenvalue weighted by Crippen LogP contribution is -2.35. The summed E-state index contributed by atoms with van der Waals surface area (Å²) >= 11 is 1.69. The second-order valence-electron chi connectivity index (χ2n) is 7.32. The lowest BCUT2D eigenvalue weighted by Gasteiger charge is -2.27. The Balaban J connectivity index is 1.73. The highest BCUT2D eigenvalue weighted by atomic mass is 32.2. The van der Waals surface area contributed by atoms with E-state index in [2.05, 4.69) is 5.32 Å². The number of hydrogen-bond acceptors (Lipinski definition) is 5. The monoisotopic (exact) mass is 426 g/mol. The Kier molecular flexibility index (Phi) is 7.65. The second kappa shape index (κ2) is 9.98. The molecule has 2 fully saturated rings. The molecule has 6 nitrogen and oxygen atoms in total. The zero-order valence-corrected chi connectivity index (χ0v) is 18.1. The van der Waals surface area contributed by atoms with Gasteiger partial charge >= 0.3 is 0 Å². The van der Waals surface area contributed by atoms with Gasteiger partial charge in [-0.3, -0.25) is 4.79 Å². The van der Waals surface area contributed by atoms with E-state index < -0.39 is 10.0 Å². The molecule has 1 amide bonds. The van der Waals surface area contributed by atoms with E-state index >= 15 is 0 Å². The normalized spacial score (nSPS) is 18.9. The third kappa shape index (κ3) is 5.42. The van der Waals surface area contributed by atoms with Crippen molar-refractivity contribution in [3.05, 3.63) is 18.2 Å². The van der Waals surface area contributed by atoms with Gasteiger partial charge in [0.1, 0.15) is 10.6 Å². The number of piperidine rings is 1. The quantitative estimate of drug-likeness (QED) is 0.683. The number of hydrogen-bond donors (Lipinski definition) is 1. The molecule has 156 valence electrons. The highest BCUT2D eigenvalue weighted by molar-refractivity contribution is 8.00. The predicted molar refractivity (Wildman–Crippen MR) is 114 cm³/mol. The molecular weight excluding hydrogens is 396 g/mol. The van der Waals surface area contributed by atoms with E-state index in [1.54, 1.807) is 23.9 Å². The fourth-order valence-corrected chi connectivity index (χ4v) is 6.55. The summed E-state index contributed by atoms with van der Waals surface area (Å²) in [6.07, 6.45) is 7.65. The molecular formula is C20H30N2O4S2. The third-order valence-electron chi connectivity index (χ3n) is 5.21. The molecule has 3 rings (SSSR count). The highest BCUT2D eigenvalue weighted by Gasteiger charge is 2.29. The molecule has 8 heteroatoms. The molecule has 1 saturated carbocycles. The smallest absolute Gasteiger partial charge is 0.246 e. The summed E-state index contributed by atoms with van der Waals surface area (Å²) in [5.41, 5.74) is 0.496. The van der Waals surface area contributed by atoms with Crippen LogP contribution in [0.15, 0.2) is 23.1 Å². The molecule has 1 aliphatic carbocycles. The molecule has 1 saturated heterocycles. The fraction of sp³-hybridized carbons (Fsp3) is 0.650. The van der Waals surface area contributed by atoms with Gasteiger partial charge in [-0.1, -0.05) is 19.3 Å². The summed E-state index contributed by atoms with van der Waals surface area (Å²) in [6.45, 7) is 3.27. The number of carbonyl (C=O) groups excluding carboxylic acids is 1. The second-order valence-corrected chi connectivity index (χ2v) is 10.5. The number of sulfonamides is 1. The molecule has 28 heavy (non-hydrogen) atoms. The first kappa shape index (κ1) is 21.5. The Morgan fingerprint density at radius 1 is 1.18 bits per heavy atom. The van der Waals surface area contributed by atoms with Crippen LogP contribution in [0.2, 0.25) is 0 Å². The van der Waals surface area contributed by atoms with Gasteiger partial charge in [-0.15, -0.1) is 11.8 Å². The number of anilines is 1. The number of nitrogens with one attached hydrogen (secondary N) is 1. The minimum Gasteiger partial charge on any atom is -0.492 e. The van der Waals surface area contributed by atoms with Crippen LogP contribution in [0, 0.1) is 0 Å². The Hall–Kier alpha value is -1.25. The average Bonchev–Trinajstić information content (AvgIpc) is 3.22. The van der Waals surface area contributed by atoms with Gasteiger partial charge < -0.3 is 10.1 Å². The highest BCUT2D eigenvalue weighted by Crippen LogP contribution is 2.32. The maximum atomic E-state index is 13.1. The van der Waals surface area contributed by atoms with Gasteiger partial charge in [0.05, 0.1) is 12.4 Å². The van der Waals surface area contributed by atoms with Crippen molar-refractivity contribution in [3.8, 4) is 5.75 Å². The topological polar surface area (TPSA) is 75.7 Å². The van der Waals surface area contributed by atoms with Gasteiger partial charge in [-0.2, -0.15) is 4.31 Å². The molecule has 1 aliphatic heterocycles. The van der Waals surface area contributed by atoms with Crippen LogP contribution < -0.4 is 10.1 Å². The molecule has 0 atom stereocenters. The Morgan fingerprint density at radius 3 is 2.57 bits per heavy atom. The molecule has 0 spiro atoms. The third-order valence-corrected chi connectivity index (χ3v) is 8.50. The molecule has 1 aromatic carbocycles. The summed E-state index contributed by atoms with van der Waals surface area (Å²) < 4.78 is 33.4. The molecule has 1 N–H and O–H groups in total. The molecule has 1 aromatic rings. The van der Waals surface area contributed by atoms with E-state index in [0.717, 1.165) is 19.3 Å². The number of carbonyl (C=O) groups is 1. The van der Waals surface area contributed by atoms with Gasteiger partial charge in [0, 0.05) is 24.0 Å². The van der Waals surface area contributed by atoms with Crippen molar-refractivity contribution in [3.63, 3.8) is 0 Å². The van der Waals surface area contributed by atoms with E-state index in [0.29, 0.717) is 42.1 Å². The summed E-state index contributed by atoms with van der Waals surface area (Å²) in [4.78, 5) is 12.5. The van der Waals surface area contributed by atoms with Crippen LogP contribution in [0.4, 0.5) is 5.69 Å². The Bertz CT molecular complexity index is 770. The van der Waals surface area contributed by atoms with Crippen molar-refractivity contribution in [2.45, 2.75) is 62.0 Å². The number of thioether (sulfide) groups is 1. The van der Waals surface area contributed by atoms with Crippen LogP contribution in [0.5, 0.6) is 5.75 Å². The minimum absolute atomic E-state index is 0.0950. The number of amides is 1. The van der Waals surface area contributed by atoms with Crippen molar-refractivity contribution >= 4 is 33.4 Å². The summed E-state index contributed by atoms with van der Waals surface area (Å²) in [5.74, 6) is 0.639. The number of rotatable bonds is 8. The van der Waals surface area contributed by atoms with Crippen LogP contribution in [0.1, 0.15) is 51.9 Å². The first-order valence-electron chi connectivity index (χ1n) is 10.2. The zero-order valence-electron chi connectivity index (χ0n) is 16.5. The summed E-state index contributed by atoms with van der Waals surface area (Å²) in [6, 6.07) is 4.88. The maximum absolute atomic E-state index is 13.1. The summed E-state index contributed by atoms with van der Waals surface area (Å²) in [5, 5.41) is 3.42. The van der Waals surface area contributed by atoms with Crippen LogP contribution in [-0.4, -0.2) is 49.3 Å². The number of benzene rings is 1. The van der Waals surface area contributed by atoms with Crippen molar-refractivity contribution in [1.29, 1.82) is 0 Å². The van der Waals surface area contributed by atoms with E-state index in [1.807, 2.05) is 6.92 Å².